The van der Waals surface area contributed by atoms with Crippen molar-refractivity contribution in [2.75, 3.05) is 11.9 Å². The summed E-state index contributed by atoms with van der Waals surface area (Å²) in [4.78, 5) is 0. The van der Waals surface area contributed by atoms with Crippen LogP contribution in [0, 0.1) is 11.2 Å². The third-order valence-electron chi connectivity index (χ3n) is 5.27. The molecule has 6 heteroatoms. The third kappa shape index (κ3) is 5.26. The van der Waals surface area contributed by atoms with Gasteiger partial charge in [-0.25, -0.2) is 4.39 Å². The minimum Gasteiger partial charge on any atom is -0.356 e. The quantitative estimate of drug-likeness (QED) is 0.574. The van der Waals surface area contributed by atoms with Gasteiger partial charge >= 0.3 is 6.18 Å². The molecule has 2 aromatic carbocycles. The zero-order chi connectivity index (χ0) is 21.1. The lowest BCUT2D eigenvalue weighted by Crippen LogP contribution is -2.27. The van der Waals surface area contributed by atoms with Crippen molar-refractivity contribution in [3.8, 4) is 0 Å². The summed E-state index contributed by atoms with van der Waals surface area (Å²) in [5.74, 6) is -0.304. The second-order valence-corrected chi connectivity index (χ2v) is 7.64. The summed E-state index contributed by atoms with van der Waals surface area (Å²) in [6.07, 6.45) is 1.48. The molecule has 1 aliphatic rings. The Kier molecular flexibility index (Phi) is 6.13. The number of anilines is 1. The van der Waals surface area contributed by atoms with Crippen LogP contribution >= 0.6 is 0 Å². The van der Waals surface area contributed by atoms with Crippen LogP contribution in [0.15, 0.2) is 72.0 Å². The van der Waals surface area contributed by atoms with Crippen molar-refractivity contribution in [2.45, 2.75) is 32.4 Å². The number of rotatable bonds is 6. The van der Waals surface area contributed by atoms with E-state index in [-0.39, 0.29) is 11.2 Å². The summed E-state index contributed by atoms with van der Waals surface area (Å²) in [5.41, 5.74) is 8.22. The minimum atomic E-state index is -4.36. The Bertz CT molecular complexity index is 913. The van der Waals surface area contributed by atoms with Gasteiger partial charge in [0.15, 0.2) is 0 Å². The Hall–Kier alpha value is -2.60. The van der Waals surface area contributed by atoms with Crippen LogP contribution in [0.1, 0.15) is 30.9 Å². The van der Waals surface area contributed by atoms with Crippen molar-refractivity contribution >= 4 is 5.69 Å². The van der Waals surface area contributed by atoms with Crippen molar-refractivity contribution in [3.63, 3.8) is 0 Å². The van der Waals surface area contributed by atoms with E-state index in [0.29, 0.717) is 31.4 Å². The number of hydrogen-bond acceptors (Lipinski definition) is 2. The second kappa shape index (κ2) is 8.41. The van der Waals surface area contributed by atoms with Crippen LogP contribution in [0.25, 0.3) is 0 Å². The first kappa shape index (κ1) is 21.1. The number of allylic oxidation sites excluding steroid dienone is 2. The molecule has 1 atom stereocenters. The van der Waals surface area contributed by atoms with Gasteiger partial charge in [0, 0.05) is 11.4 Å². The SMILES string of the molecule is CC1(Cc2cccc(C(F)(F)F)c2)CC=C(Nc2ccc(F)cc2)C=C1CCN. The van der Waals surface area contributed by atoms with Crippen LogP contribution < -0.4 is 11.1 Å². The fourth-order valence-electron chi connectivity index (χ4n) is 3.70. The fraction of sp³-hybridized carbons (Fsp3) is 0.304. The summed E-state index contributed by atoms with van der Waals surface area (Å²) in [6, 6.07) is 11.6. The molecular formula is C23H24F4N2. The standard InChI is InChI=1S/C23H24F4N2/c1-22(15-16-3-2-4-18(13-16)23(25,26)27)11-9-21(14-17(22)10-12-28)29-20-7-5-19(24)6-8-20/h2-9,13-14,29H,10-12,15,28H2,1H3. The molecule has 0 amide bonds. The normalized spacial score (nSPS) is 19.5. The predicted octanol–water partition coefficient (Wildman–Crippen LogP) is 6.07. The Morgan fingerprint density at radius 3 is 2.48 bits per heavy atom. The summed E-state index contributed by atoms with van der Waals surface area (Å²) in [7, 11) is 0. The lowest BCUT2D eigenvalue weighted by Gasteiger charge is -2.35. The monoisotopic (exact) mass is 404 g/mol. The average molecular weight is 404 g/mol. The summed E-state index contributed by atoms with van der Waals surface area (Å²) >= 11 is 0. The highest BCUT2D eigenvalue weighted by molar-refractivity contribution is 5.52. The van der Waals surface area contributed by atoms with Gasteiger partial charge in [-0.15, -0.1) is 0 Å². The zero-order valence-corrected chi connectivity index (χ0v) is 16.2. The molecule has 0 saturated heterocycles. The smallest absolute Gasteiger partial charge is 0.356 e. The molecule has 1 aliphatic carbocycles. The van der Waals surface area contributed by atoms with E-state index in [0.717, 1.165) is 23.0 Å². The molecule has 3 N–H and O–H groups in total. The van der Waals surface area contributed by atoms with Crippen LogP contribution in [0.3, 0.4) is 0 Å². The van der Waals surface area contributed by atoms with Gasteiger partial charge in [0.05, 0.1) is 5.56 Å². The lowest BCUT2D eigenvalue weighted by molar-refractivity contribution is -0.137. The molecule has 0 fully saturated rings. The van der Waals surface area contributed by atoms with Crippen molar-refractivity contribution in [3.05, 3.63) is 88.9 Å². The Morgan fingerprint density at radius 1 is 1.10 bits per heavy atom. The maximum absolute atomic E-state index is 13.1. The van der Waals surface area contributed by atoms with E-state index in [2.05, 4.69) is 12.2 Å². The Morgan fingerprint density at radius 2 is 1.83 bits per heavy atom. The second-order valence-electron chi connectivity index (χ2n) is 7.64. The number of nitrogens with one attached hydrogen (secondary N) is 1. The first-order valence-electron chi connectivity index (χ1n) is 9.50. The third-order valence-corrected chi connectivity index (χ3v) is 5.27. The Labute approximate surface area is 168 Å². The molecule has 0 radical (unpaired) electrons. The molecule has 154 valence electrons. The summed E-state index contributed by atoms with van der Waals surface area (Å²) in [6.45, 7) is 2.51. The molecular weight excluding hydrogens is 380 g/mol. The summed E-state index contributed by atoms with van der Waals surface area (Å²) in [5, 5.41) is 3.26. The maximum Gasteiger partial charge on any atom is 0.416 e. The highest BCUT2D eigenvalue weighted by atomic mass is 19.4. The van der Waals surface area contributed by atoms with Crippen molar-refractivity contribution in [1.29, 1.82) is 0 Å². The van der Waals surface area contributed by atoms with Crippen LogP contribution in [-0.4, -0.2) is 6.54 Å². The van der Waals surface area contributed by atoms with Crippen LogP contribution in [0.5, 0.6) is 0 Å². The van der Waals surface area contributed by atoms with Gasteiger partial charge in [0.25, 0.3) is 0 Å². The van der Waals surface area contributed by atoms with E-state index in [1.54, 1.807) is 18.2 Å². The van der Waals surface area contributed by atoms with Gasteiger partial charge < -0.3 is 11.1 Å². The maximum atomic E-state index is 13.1. The van der Waals surface area contributed by atoms with E-state index in [4.69, 9.17) is 5.73 Å². The molecule has 0 bridgehead atoms. The number of alkyl halides is 3. The first-order chi connectivity index (χ1) is 13.7. The molecule has 0 aliphatic heterocycles. The first-order valence-corrected chi connectivity index (χ1v) is 9.50. The summed E-state index contributed by atoms with van der Waals surface area (Å²) < 4.78 is 52.3. The molecule has 0 aromatic heterocycles. The molecule has 0 heterocycles. The van der Waals surface area contributed by atoms with Gasteiger partial charge in [0.2, 0.25) is 0 Å². The van der Waals surface area contributed by atoms with Crippen molar-refractivity contribution < 1.29 is 17.6 Å². The molecule has 1 unspecified atom stereocenters. The van der Waals surface area contributed by atoms with Crippen LogP contribution in [-0.2, 0) is 12.6 Å². The van der Waals surface area contributed by atoms with E-state index in [9.17, 15) is 17.6 Å². The fourth-order valence-corrected chi connectivity index (χ4v) is 3.70. The highest BCUT2D eigenvalue weighted by Gasteiger charge is 2.33. The van der Waals surface area contributed by atoms with Gasteiger partial charge in [0.1, 0.15) is 5.82 Å². The van der Waals surface area contributed by atoms with Gasteiger partial charge in [-0.1, -0.05) is 36.8 Å². The van der Waals surface area contributed by atoms with Crippen molar-refractivity contribution in [1.82, 2.24) is 0 Å². The van der Waals surface area contributed by atoms with E-state index in [1.165, 1.54) is 24.3 Å². The number of benzene rings is 2. The molecule has 29 heavy (non-hydrogen) atoms. The van der Waals surface area contributed by atoms with E-state index >= 15 is 0 Å². The molecule has 2 nitrogen and oxygen atoms in total. The minimum absolute atomic E-state index is 0.304. The Balaban J connectivity index is 1.81. The topological polar surface area (TPSA) is 38.0 Å². The number of hydrogen-bond donors (Lipinski definition) is 2. The van der Waals surface area contributed by atoms with Crippen LogP contribution in [0.4, 0.5) is 23.2 Å². The van der Waals surface area contributed by atoms with E-state index < -0.39 is 11.7 Å². The van der Waals surface area contributed by atoms with Gasteiger partial charge in [-0.2, -0.15) is 13.2 Å². The van der Waals surface area contributed by atoms with E-state index in [1.807, 2.05) is 12.2 Å². The molecule has 3 rings (SSSR count). The van der Waals surface area contributed by atoms with Crippen molar-refractivity contribution in [2.24, 2.45) is 11.1 Å². The average Bonchev–Trinajstić information content (AvgIpc) is 2.66. The number of nitrogens with two attached hydrogens (primary N) is 1. The molecule has 0 spiro atoms. The van der Waals surface area contributed by atoms with Crippen LogP contribution in [0.2, 0.25) is 0 Å². The number of halogens is 4. The molecule has 0 saturated carbocycles. The largest absolute Gasteiger partial charge is 0.416 e. The zero-order valence-electron chi connectivity index (χ0n) is 16.2. The molecule has 2 aromatic rings. The van der Waals surface area contributed by atoms with Gasteiger partial charge in [-0.05, 0) is 73.2 Å². The lowest BCUT2D eigenvalue weighted by atomic mass is 9.70. The van der Waals surface area contributed by atoms with Gasteiger partial charge in [-0.3, -0.25) is 0 Å². The highest BCUT2D eigenvalue weighted by Crippen LogP contribution is 2.41. The predicted molar refractivity (Wildman–Crippen MR) is 108 cm³/mol.